The van der Waals surface area contributed by atoms with Gasteiger partial charge in [0.1, 0.15) is 17.3 Å². The van der Waals surface area contributed by atoms with Crippen molar-refractivity contribution in [2.24, 2.45) is 0 Å². The quantitative estimate of drug-likeness (QED) is 0.611. The smallest absolute Gasteiger partial charge is 0.162 e. The summed E-state index contributed by atoms with van der Waals surface area (Å²) in [6, 6.07) is 10.8. The molecule has 0 aromatic heterocycles. The fourth-order valence-electron chi connectivity index (χ4n) is 2.07. The highest BCUT2D eigenvalue weighted by molar-refractivity contribution is 5.98. The summed E-state index contributed by atoms with van der Waals surface area (Å²) in [7, 11) is 0. The average Bonchev–Trinajstić information content (AvgIpc) is 2.48. The molecule has 4 heteroatoms. The molecule has 0 aliphatic carbocycles. The molecule has 0 spiro atoms. The van der Waals surface area contributed by atoms with Crippen LogP contribution in [0.5, 0.6) is 5.75 Å². The molecule has 2 rings (SSSR count). The molecule has 0 atom stereocenters. The van der Waals surface area contributed by atoms with Gasteiger partial charge in [0.2, 0.25) is 0 Å². The third-order valence-electron chi connectivity index (χ3n) is 3.16. The van der Waals surface area contributed by atoms with E-state index in [0.717, 1.165) is 6.07 Å². The molecule has 0 heterocycles. The van der Waals surface area contributed by atoms with Crippen LogP contribution in [0.2, 0.25) is 0 Å². The van der Waals surface area contributed by atoms with Gasteiger partial charge in [0, 0.05) is 11.1 Å². The Morgan fingerprint density at radius 2 is 1.55 bits per heavy atom. The molecule has 0 fully saturated rings. The van der Waals surface area contributed by atoms with Crippen molar-refractivity contribution in [3.8, 4) is 5.75 Å². The number of carbonyl (C=O) groups excluding carboxylic acids is 2. The second kappa shape index (κ2) is 6.35. The minimum Gasteiger partial charge on any atom is -0.457 e. The van der Waals surface area contributed by atoms with Gasteiger partial charge < -0.3 is 4.74 Å². The molecule has 0 unspecified atom stereocenters. The summed E-state index contributed by atoms with van der Waals surface area (Å²) < 4.78 is 19.1. The minimum atomic E-state index is -0.602. The molecule has 0 amide bonds. The van der Waals surface area contributed by atoms with Gasteiger partial charge in [-0.25, -0.2) is 4.39 Å². The molecule has 0 radical (unpaired) electrons. The van der Waals surface area contributed by atoms with Gasteiger partial charge in [0.15, 0.2) is 11.6 Å². The van der Waals surface area contributed by atoms with Crippen molar-refractivity contribution in [2.45, 2.75) is 13.8 Å². The maximum absolute atomic E-state index is 13.5. The Hall–Kier alpha value is -2.75. The van der Waals surface area contributed by atoms with Crippen molar-refractivity contribution in [2.75, 3.05) is 0 Å². The monoisotopic (exact) mass is 298 g/mol. The summed E-state index contributed by atoms with van der Waals surface area (Å²) in [6.07, 6.45) is 0. The van der Waals surface area contributed by atoms with Crippen LogP contribution in [0.1, 0.15) is 40.1 Å². The fourth-order valence-corrected chi connectivity index (χ4v) is 2.07. The number of benzene rings is 2. The summed E-state index contributed by atoms with van der Waals surface area (Å²) in [5, 5.41) is 0. The van der Waals surface area contributed by atoms with Gasteiger partial charge in [-0.3, -0.25) is 9.59 Å². The molecule has 2 aromatic carbocycles. The lowest BCUT2D eigenvalue weighted by atomic mass is 10.0. The Morgan fingerprint density at radius 3 is 2.14 bits per heavy atom. The van der Waals surface area contributed by atoms with Crippen LogP contribution in [0.25, 0.3) is 5.76 Å². The molecule has 0 N–H and O–H groups in total. The van der Waals surface area contributed by atoms with Crippen LogP contribution in [0.4, 0.5) is 4.39 Å². The van der Waals surface area contributed by atoms with E-state index in [-0.39, 0.29) is 22.9 Å². The number of hydrogen-bond donors (Lipinski definition) is 0. The normalized spacial score (nSPS) is 10.1. The van der Waals surface area contributed by atoms with Crippen LogP contribution in [-0.4, -0.2) is 11.6 Å². The molecule has 22 heavy (non-hydrogen) atoms. The maximum Gasteiger partial charge on any atom is 0.162 e. The van der Waals surface area contributed by atoms with Crippen molar-refractivity contribution in [3.63, 3.8) is 0 Å². The number of Topliss-reactive ketones (excluding diaryl/α,β-unsaturated/α-hetero) is 2. The fraction of sp³-hybridized carbons (Fsp3) is 0.111. The lowest BCUT2D eigenvalue weighted by Gasteiger charge is -2.12. The van der Waals surface area contributed by atoms with E-state index in [9.17, 15) is 14.0 Å². The molecule has 0 saturated carbocycles. The summed E-state index contributed by atoms with van der Waals surface area (Å²) in [5.41, 5.74) is 0.996. The second-order valence-electron chi connectivity index (χ2n) is 4.82. The Kier molecular flexibility index (Phi) is 4.51. The first kappa shape index (κ1) is 15.6. The van der Waals surface area contributed by atoms with Gasteiger partial charge >= 0.3 is 0 Å². The summed E-state index contributed by atoms with van der Waals surface area (Å²) in [6.45, 7) is 6.54. The first-order valence-corrected chi connectivity index (χ1v) is 6.67. The van der Waals surface area contributed by atoms with Gasteiger partial charge in [-0.05, 0) is 32.0 Å². The third-order valence-corrected chi connectivity index (χ3v) is 3.16. The molecular formula is C18H15FO3. The number of ether oxygens (including phenoxy) is 1. The third kappa shape index (κ3) is 3.28. The zero-order chi connectivity index (χ0) is 16.3. The highest BCUT2D eigenvalue weighted by Gasteiger charge is 2.13. The predicted octanol–water partition coefficient (Wildman–Crippen LogP) is 4.28. The lowest BCUT2D eigenvalue weighted by molar-refractivity contribution is 0.100. The molecule has 0 saturated heterocycles. The average molecular weight is 298 g/mol. The summed E-state index contributed by atoms with van der Waals surface area (Å²) in [4.78, 5) is 23.0. The highest BCUT2D eigenvalue weighted by atomic mass is 19.1. The lowest BCUT2D eigenvalue weighted by Crippen LogP contribution is -2.03. The zero-order valence-corrected chi connectivity index (χ0v) is 12.4. The highest BCUT2D eigenvalue weighted by Crippen LogP contribution is 2.25. The number of carbonyl (C=O) groups is 2. The van der Waals surface area contributed by atoms with Crippen LogP contribution in [0.3, 0.4) is 0 Å². The van der Waals surface area contributed by atoms with Gasteiger partial charge in [-0.1, -0.05) is 30.8 Å². The predicted molar refractivity (Wildman–Crippen MR) is 82.5 cm³/mol. The van der Waals surface area contributed by atoms with Crippen LogP contribution in [0, 0.1) is 5.82 Å². The zero-order valence-electron chi connectivity index (χ0n) is 12.4. The topological polar surface area (TPSA) is 43.4 Å². The first-order chi connectivity index (χ1) is 10.4. The van der Waals surface area contributed by atoms with Crippen LogP contribution in [0.15, 0.2) is 49.0 Å². The van der Waals surface area contributed by atoms with E-state index in [1.807, 2.05) is 0 Å². The van der Waals surface area contributed by atoms with Crippen molar-refractivity contribution in [1.82, 2.24) is 0 Å². The van der Waals surface area contributed by atoms with Gasteiger partial charge in [0.05, 0.1) is 5.56 Å². The molecule has 0 bridgehead atoms. The number of halogens is 1. The second-order valence-corrected chi connectivity index (χ2v) is 4.82. The Morgan fingerprint density at radius 1 is 0.955 bits per heavy atom. The standard InChI is InChI=1S/C18H15FO3/c1-11(20)15-6-4-5-7-16(15)13(3)22-14-8-9-18(19)17(10-14)12(2)21/h4-10H,3H2,1-2H3. The molecular weight excluding hydrogens is 283 g/mol. The molecule has 2 aromatic rings. The Labute approximate surface area is 128 Å². The van der Waals surface area contributed by atoms with Gasteiger partial charge in [-0.2, -0.15) is 0 Å². The van der Waals surface area contributed by atoms with E-state index in [0.29, 0.717) is 11.1 Å². The van der Waals surface area contributed by atoms with Crippen LogP contribution >= 0.6 is 0 Å². The SMILES string of the molecule is C=C(Oc1ccc(F)c(C(C)=O)c1)c1ccccc1C(C)=O. The van der Waals surface area contributed by atoms with E-state index in [1.54, 1.807) is 24.3 Å². The van der Waals surface area contributed by atoms with Crippen LogP contribution < -0.4 is 4.74 Å². The van der Waals surface area contributed by atoms with Crippen molar-refractivity contribution in [1.29, 1.82) is 0 Å². The van der Waals surface area contributed by atoms with E-state index in [1.165, 1.54) is 26.0 Å². The number of rotatable bonds is 5. The largest absolute Gasteiger partial charge is 0.457 e. The van der Waals surface area contributed by atoms with E-state index >= 15 is 0 Å². The van der Waals surface area contributed by atoms with Gasteiger partial charge in [0.25, 0.3) is 0 Å². The molecule has 0 aliphatic rings. The van der Waals surface area contributed by atoms with Crippen molar-refractivity contribution in [3.05, 3.63) is 71.6 Å². The molecule has 112 valence electrons. The maximum atomic E-state index is 13.5. The van der Waals surface area contributed by atoms with Gasteiger partial charge in [-0.15, -0.1) is 0 Å². The summed E-state index contributed by atoms with van der Waals surface area (Å²) in [5.74, 6) is -0.557. The minimum absolute atomic E-state index is 0.0508. The Balaban J connectivity index is 2.32. The number of hydrogen-bond acceptors (Lipinski definition) is 3. The molecule has 0 aliphatic heterocycles. The first-order valence-electron chi connectivity index (χ1n) is 6.67. The number of ketones is 2. The van der Waals surface area contributed by atoms with Crippen LogP contribution in [-0.2, 0) is 0 Å². The van der Waals surface area contributed by atoms with E-state index in [2.05, 4.69) is 6.58 Å². The Bertz CT molecular complexity index is 763. The van der Waals surface area contributed by atoms with Crippen molar-refractivity contribution >= 4 is 17.3 Å². The van der Waals surface area contributed by atoms with E-state index < -0.39 is 11.6 Å². The molecule has 3 nitrogen and oxygen atoms in total. The van der Waals surface area contributed by atoms with Crippen molar-refractivity contribution < 1.29 is 18.7 Å². The van der Waals surface area contributed by atoms with E-state index in [4.69, 9.17) is 4.74 Å². The summed E-state index contributed by atoms with van der Waals surface area (Å²) >= 11 is 0.